The van der Waals surface area contributed by atoms with Gasteiger partial charge >= 0.3 is 0 Å². The van der Waals surface area contributed by atoms with Crippen LogP contribution in [0.15, 0.2) is 53.7 Å². The molecule has 0 saturated heterocycles. The number of anilines is 1. The molecule has 1 amide bonds. The highest BCUT2D eigenvalue weighted by molar-refractivity contribution is 8.00. The standard InChI is InChI=1S/C21H21ClN4O2S/c1-4-26-19(16-5-9-17(22)10-6-16)24-25-21(26)29-14(3)20(28)23-18-11-7-15(8-12-18)13(2)27/h5-12,14H,4H2,1-3H3,(H,23,28). The molecule has 150 valence electrons. The molecule has 3 rings (SSSR count). The van der Waals surface area contributed by atoms with Crippen LogP contribution in [0.2, 0.25) is 5.02 Å². The zero-order valence-corrected chi connectivity index (χ0v) is 17.9. The maximum Gasteiger partial charge on any atom is 0.237 e. The average Bonchev–Trinajstić information content (AvgIpc) is 3.11. The van der Waals surface area contributed by atoms with Crippen LogP contribution in [0.3, 0.4) is 0 Å². The zero-order valence-electron chi connectivity index (χ0n) is 16.3. The van der Waals surface area contributed by atoms with Crippen molar-refractivity contribution in [1.29, 1.82) is 0 Å². The smallest absolute Gasteiger partial charge is 0.237 e. The fraction of sp³-hybridized carbons (Fsp3) is 0.238. The summed E-state index contributed by atoms with van der Waals surface area (Å²) in [7, 11) is 0. The van der Waals surface area contributed by atoms with Gasteiger partial charge in [-0.05, 0) is 69.3 Å². The van der Waals surface area contributed by atoms with Gasteiger partial charge in [-0.25, -0.2) is 0 Å². The van der Waals surface area contributed by atoms with E-state index in [-0.39, 0.29) is 16.9 Å². The lowest BCUT2D eigenvalue weighted by atomic mass is 10.1. The molecule has 1 unspecified atom stereocenters. The number of ketones is 1. The third-order valence-corrected chi connectivity index (χ3v) is 5.68. The first-order chi connectivity index (χ1) is 13.9. The molecule has 2 aromatic carbocycles. The van der Waals surface area contributed by atoms with Gasteiger partial charge in [0.25, 0.3) is 0 Å². The molecule has 1 atom stereocenters. The zero-order chi connectivity index (χ0) is 21.0. The molecule has 3 aromatic rings. The lowest BCUT2D eigenvalue weighted by Crippen LogP contribution is -2.23. The number of thioether (sulfide) groups is 1. The minimum atomic E-state index is -0.380. The average molecular weight is 429 g/mol. The Kier molecular flexibility index (Phi) is 6.71. The lowest BCUT2D eigenvalue weighted by Gasteiger charge is -2.13. The Bertz CT molecular complexity index is 1020. The summed E-state index contributed by atoms with van der Waals surface area (Å²) in [6.07, 6.45) is 0. The molecule has 0 fully saturated rings. The summed E-state index contributed by atoms with van der Waals surface area (Å²) in [4.78, 5) is 23.9. The number of amides is 1. The van der Waals surface area contributed by atoms with Crippen molar-refractivity contribution in [3.05, 3.63) is 59.1 Å². The van der Waals surface area contributed by atoms with E-state index < -0.39 is 0 Å². The second-order valence-electron chi connectivity index (χ2n) is 6.44. The van der Waals surface area contributed by atoms with Crippen molar-refractivity contribution in [2.75, 3.05) is 5.32 Å². The van der Waals surface area contributed by atoms with Gasteiger partial charge in [-0.2, -0.15) is 0 Å². The first-order valence-electron chi connectivity index (χ1n) is 9.16. The summed E-state index contributed by atoms with van der Waals surface area (Å²) in [6.45, 7) is 6.01. The molecular formula is C21H21ClN4O2S. The number of nitrogens with one attached hydrogen (secondary N) is 1. The molecule has 0 bridgehead atoms. The Hall–Kier alpha value is -2.64. The molecule has 0 radical (unpaired) electrons. The third kappa shape index (κ3) is 5.05. The fourth-order valence-electron chi connectivity index (χ4n) is 2.72. The monoisotopic (exact) mass is 428 g/mol. The minimum absolute atomic E-state index is 0.0119. The van der Waals surface area contributed by atoms with E-state index in [0.717, 1.165) is 11.4 Å². The summed E-state index contributed by atoms with van der Waals surface area (Å²) < 4.78 is 1.97. The van der Waals surface area contributed by atoms with E-state index >= 15 is 0 Å². The van der Waals surface area contributed by atoms with Crippen LogP contribution in [-0.4, -0.2) is 31.7 Å². The molecular weight excluding hydrogens is 408 g/mol. The number of halogens is 1. The Morgan fingerprint density at radius 3 is 2.34 bits per heavy atom. The summed E-state index contributed by atoms with van der Waals surface area (Å²) in [6, 6.07) is 14.3. The quantitative estimate of drug-likeness (QED) is 0.426. The number of rotatable bonds is 7. The molecule has 6 nitrogen and oxygen atoms in total. The second-order valence-corrected chi connectivity index (χ2v) is 8.18. The van der Waals surface area contributed by atoms with Crippen LogP contribution in [0.4, 0.5) is 5.69 Å². The number of hydrogen-bond acceptors (Lipinski definition) is 5. The van der Waals surface area contributed by atoms with Crippen LogP contribution in [0.5, 0.6) is 0 Å². The van der Waals surface area contributed by atoms with Gasteiger partial charge in [0, 0.05) is 28.4 Å². The number of carbonyl (C=O) groups is 2. The predicted octanol–water partition coefficient (Wildman–Crippen LogP) is 4.94. The van der Waals surface area contributed by atoms with Gasteiger partial charge in [0.2, 0.25) is 5.91 Å². The van der Waals surface area contributed by atoms with Crippen molar-refractivity contribution < 1.29 is 9.59 Å². The van der Waals surface area contributed by atoms with E-state index in [2.05, 4.69) is 15.5 Å². The molecule has 1 heterocycles. The van der Waals surface area contributed by atoms with E-state index in [4.69, 9.17) is 11.6 Å². The highest BCUT2D eigenvalue weighted by Gasteiger charge is 2.20. The predicted molar refractivity (Wildman–Crippen MR) is 117 cm³/mol. The van der Waals surface area contributed by atoms with Crippen LogP contribution in [-0.2, 0) is 11.3 Å². The Morgan fingerprint density at radius 2 is 1.76 bits per heavy atom. The van der Waals surface area contributed by atoms with E-state index in [1.807, 2.05) is 42.7 Å². The van der Waals surface area contributed by atoms with Gasteiger partial charge in [-0.15, -0.1) is 10.2 Å². The van der Waals surface area contributed by atoms with E-state index in [0.29, 0.717) is 28.0 Å². The number of hydrogen-bond donors (Lipinski definition) is 1. The highest BCUT2D eigenvalue weighted by Crippen LogP contribution is 2.28. The van der Waals surface area contributed by atoms with Crippen molar-refractivity contribution in [2.24, 2.45) is 0 Å². The summed E-state index contributed by atoms with van der Waals surface area (Å²) >= 11 is 7.31. The molecule has 1 N–H and O–H groups in total. The van der Waals surface area contributed by atoms with Gasteiger partial charge in [-0.3, -0.25) is 9.59 Å². The van der Waals surface area contributed by atoms with Gasteiger partial charge in [0.15, 0.2) is 16.8 Å². The van der Waals surface area contributed by atoms with E-state index in [1.165, 1.54) is 18.7 Å². The number of benzene rings is 2. The van der Waals surface area contributed by atoms with Gasteiger partial charge in [-0.1, -0.05) is 23.4 Å². The molecule has 1 aromatic heterocycles. The normalized spacial score (nSPS) is 11.9. The number of Topliss-reactive ketones (excluding diaryl/α,β-unsaturated/α-hetero) is 1. The van der Waals surface area contributed by atoms with Crippen LogP contribution in [0.1, 0.15) is 31.1 Å². The SMILES string of the molecule is CCn1c(SC(C)C(=O)Nc2ccc(C(C)=O)cc2)nnc1-c1ccc(Cl)cc1. The van der Waals surface area contributed by atoms with Crippen LogP contribution >= 0.6 is 23.4 Å². The molecule has 29 heavy (non-hydrogen) atoms. The van der Waals surface area contributed by atoms with E-state index in [9.17, 15) is 9.59 Å². The Labute approximate surface area is 178 Å². The van der Waals surface area contributed by atoms with E-state index in [1.54, 1.807) is 24.3 Å². The summed E-state index contributed by atoms with van der Waals surface area (Å²) in [5.41, 5.74) is 2.17. The minimum Gasteiger partial charge on any atom is -0.325 e. The van der Waals surface area contributed by atoms with Crippen LogP contribution in [0, 0.1) is 0 Å². The Balaban J connectivity index is 1.71. The van der Waals surface area contributed by atoms with Crippen LogP contribution in [0.25, 0.3) is 11.4 Å². The molecule has 0 aliphatic carbocycles. The van der Waals surface area contributed by atoms with Crippen molar-refractivity contribution in [2.45, 2.75) is 37.7 Å². The number of carbonyl (C=O) groups excluding carboxylic acids is 2. The largest absolute Gasteiger partial charge is 0.325 e. The maximum atomic E-state index is 12.6. The molecule has 0 saturated carbocycles. The topological polar surface area (TPSA) is 76.9 Å². The second kappa shape index (κ2) is 9.24. The Morgan fingerprint density at radius 1 is 1.10 bits per heavy atom. The molecule has 0 spiro atoms. The first-order valence-corrected chi connectivity index (χ1v) is 10.4. The number of nitrogens with zero attached hydrogens (tertiary/aromatic N) is 3. The molecule has 0 aliphatic rings. The van der Waals surface area contributed by atoms with Gasteiger partial charge < -0.3 is 9.88 Å². The lowest BCUT2D eigenvalue weighted by molar-refractivity contribution is -0.115. The first kappa shape index (κ1) is 21.1. The highest BCUT2D eigenvalue weighted by atomic mass is 35.5. The van der Waals surface area contributed by atoms with Crippen LogP contribution < -0.4 is 5.32 Å². The third-order valence-electron chi connectivity index (χ3n) is 4.35. The summed E-state index contributed by atoms with van der Waals surface area (Å²) in [5.74, 6) is 0.575. The molecule has 8 heteroatoms. The van der Waals surface area contributed by atoms with Gasteiger partial charge in [0.1, 0.15) is 0 Å². The van der Waals surface area contributed by atoms with Crippen molar-refractivity contribution in [1.82, 2.24) is 14.8 Å². The fourth-order valence-corrected chi connectivity index (χ4v) is 3.76. The van der Waals surface area contributed by atoms with Gasteiger partial charge in [0.05, 0.1) is 5.25 Å². The number of aromatic nitrogens is 3. The maximum absolute atomic E-state index is 12.6. The van der Waals surface area contributed by atoms with Crippen molar-refractivity contribution in [3.63, 3.8) is 0 Å². The molecule has 0 aliphatic heterocycles. The van der Waals surface area contributed by atoms with Crippen molar-refractivity contribution in [3.8, 4) is 11.4 Å². The summed E-state index contributed by atoms with van der Waals surface area (Å²) in [5, 5.41) is 12.4. The van der Waals surface area contributed by atoms with Crippen molar-refractivity contribution >= 4 is 40.7 Å².